The van der Waals surface area contributed by atoms with Gasteiger partial charge in [0.25, 0.3) is 0 Å². The highest BCUT2D eigenvalue weighted by molar-refractivity contribution is 6.58. The molecule has 1 heterocycles. The van der Waals surface area contributed by atoms with E-state index in [0.29, 0.717) is 0 Å². The minimum atomic E-state index is -1.56. The molecular weight excluding hydrogens is 237 g/mol. The number of aromatic nitrogens is 1. The molecule has 4 heteroatoms. The standard InChI is InChI=1S/C15H12BNO2/c18-16(19)14-10-12-8-4-5-9-13(12)15(17-14)11-6-2-1-3-7-11/h1-10,18-19H. The van der Waals surface area contributed by atoms with Gasteiger partial charge in [-0.1, -0.05) is 54.6 Å². The van der Waals surface area contributed by atoms with Crippen LogP contribution in [0.1, 0.15) is 0 Å². The van der Waals surface area contributed by atoms with Crippen LogP contribution in [0.25, 0.3) is 22.0 Å². The molecule has 0 saturated heterocycles. The van der Waals surface area contributed by atoms with Crippen LogP contribution in [0.3, 0.4) is 0 Å². The van der Waals surface area contributed by atoms with Crippen LogP contribution in [-0.4, -0.2) is 22.2 Å². The first-order valence-corrected chi connectivity index (χ1v) is 6.07. The van der Waals surface area contributed by atoms with Gasteiger partial charge in [-0.25, -0.2) is 0 Å². The molecule has 0 aliphatic rings. The molecule has 0 aliphatic carbocycles. The summed E-state index contributed by atoms with van der Waals surface area (Å²) >= 11 is 0. The average Bonchev–Trinajstić information content (AvgIpc) is 2.47. The number of pyridine rings is 1. The SMILES string of the molecule is OB(O)c1cc2ccccc2c(-c2ccccc2)n1. The summed E-state index contributed by atoms with van der Waals surface area (Å²) in [6.45, 7) is 0. The molecule has 1 aromatic heterocycles. The largest absolute Gasteiger partial charge is 0.508 e. The molecule has 3 nitrogen and oxygen atoms in total. The number of hydrogen-bond donors (Lipinski definition) is 2. The van der Waals surface area contributed by atoms with Crippen molar-refractivity contribution in [3.8, 4) is 11.3 Å². The fraction of sp³-hybridized carbons (Fsp3) is 0. The molecule has 0 atom stereocenters. The minimum absolute atomic E-state index is 0.262. The predicted molar refractivity (Wildman–Crippen MR) is 77.0 cm³/mol. The zero-order valence-electron chi connectivity index (χ0n) is 10.2. The third-order valence-corrected chi connectivity index (χ3v) is 3.07. The van der Waals surface area contributed by atoms with Crippen molar-refractivity contribution < 1.29 is 10.0 Å². The van der Waals surface area contributed by atoms with Crippen LogP contribution >= 0.6 is 0 Å². The van der Waals surface area contributed by atoms with E-state index >= 15 is 0 Å². The first-order valence-electron chi connectivity index (χ1n) is 6.07. The van der Waals surface area contributed by atoms with Crippen molar-refractivity contribution in [1.82, 2.24) is 4.98 Å². The molecule has 0 bridgehead atoms. The van der Waals surface area contributed by atoms with Gasteiger partial charge < -0.3 is 10.0 Å². The second-order valence-electron chi connectivity index (χ2n) is 4.36. The third kappa shape index (κ3) is 2.23. The maximum Gasteiger partial charge on any atom is 0.508 e. The molecule has 3 aromatic rings. The van der Waals surface area contributed by atoms with E-state index in [1.807, 2.05) is 54.6 Å². The molecular formula is C15H12BNO2. The van der Waals surface area contributed by atoms with Crippen LogP contribution < -0.4 is 5.59 Å². The fourth-order valence-electron chi connectivity index (χ4n) is 2.17. The van der Waals surface area contributed by atoms with Gasteiger partial charge in [-0.05, 0) is 11.5 Å². The van der Waals surface area contributed by atoms with Crippen molar-refractivity contribution in [3.05, 3.63) is 60.7 Å². The summed E-state index contributed by atoms with van der Waals surface area (Å²) < 4.78 is 0. The monoisotopic (exact) mass is 249 g/mol. The first kappa shape index (κ1) is 11.9. The zero-order chi connectivity index (χ0) is 13.2. The molecule has 0 saturated carbocycles. The van der Waals surface area contributed by atoms with Crippen molar-refractivity contribution >= 4 is 23.5 Å². The van der Waals surface area contributed by atoms with Gasteiger partial charge in [0.05, 0.1) is 11.3 Å². The first-order chi connectivity index (χ1) is 9.25. The number of fused-ring (bicyclic) bond motifs is 1. The van der Waals surface area contributed by atoms with Crippen molar-refractivity contribution in [2.75, 3.05) is 0 Å². The maximum absolute atomic E-state index is 9.35. The number of hydrogen-bond acceptors (Lipinski definition) is 3. The summed E-state index contributed by atoms with van der Waals surface area (Å²) in [6, 6.07) is 19.2. The highest BCUT2D eigenvalue weighted by Gasteiger charge is 2.16. The van der Waals surface area contributed by atoms with Gasteiger partial charge >= 0.3 is 7.12 Å². The smallest absolute Gasteiger partial charge is 0.422 e. The molecule has 19 heavy (non-hydrogen) atoms. The van der Waals surface area contributed by atoms with E-state index in [1.165, 1.54) is 0 Å². The molecule has 3 rings (SSSR count). The van der Waals surface area contributed by atoms with Gasteiger partial charge in [-0.3, -0.25) is 4.98 Å². The predicted octanol–water partition coefficient (Wildman–Crippen LogP) is 1.58. The molecule has 2 N–H and O–H groups in total. The van der Waals surface area contributed by atoms with E-state index in [2.05, 4.69) is 4.98 Å². The molecule has 2 aromatic carbocycles. The Hall–Kier alpha value is -2.17. The van der Waals surface area contributed by atoms with E-state index in [1.54, 1.807) is 6.07 Å². The Morgan fingerprint density at radius 3 is 2.26 bits per heavy atom. The van der Waals surface area contributed by atoms with Crippen molar-refractivity contribution in [2.45, 2.75) is 0 Å². The van der Waals surface area contributed by atoms with Crippen molar-refractivity contribution in [1.29, 1.82) is 0 Å². The van der Waals surface area contributed by atoms with Crippen molar-refractivity contribution in [2.24, 2.45) is 0 Å². The van der Waals surface area contributed by atoms with Gasteiger partial charge in [-0.2, -0.15) is 0 Å². The minimum Gasteiger partial charge on any atom is -0.422 e. The number of benzene rings is 2. The molecule has 92 valence electrons. The van der Waals surface area contributed by atoms with Crippen LogP contribution in [0.2, 0.25) is 0 Å². The molecule has 0 fully saturated rings. The highest BCUT2D eigenvalue weighted by Crippen LogP contribution is 2.25. The molecule has 0 spiro atoms. The Morgan fingerprint density at radius 1 is 0.842 bits per heavy atom. The molecule has 0 aliphatic heterocycles. The second-order valence-corrected chi connectivity index (χ2v) is 4.36. The van der Waals surface area contributed by atoms with Crippen LogP contribution in [0, 0.1) is 0 Å². The number of rotatable bonds is 2. The highest BCUT2D eigenvalue weighted by atomic mass is 16.4. The molecule has 0 radical (unpaired) electrons. The average molecular weight is 249 g/mol. The van der Waals surface area contributed by atoms with Gasteiger partial charge in [0.2, 0.25) is 0 Å². The van der Waals surface area contributed by atoms with E-state index < -0.39 is 7.12 Å². The Labute approximate surface area is 111 Å². The Morgan fingerprint density at radius 2 is 1.53 bits per heavy atom. The molecule has 0 unspecified atom stereocenters. The Kier molecular flexibility index (Phi) is 3.03. The lowest BCUT2D eigenvalue weighted by Crippen LogP contribution is -2.32. The topological polar surface area (TPSA) is 53.4 Å². The molecule has 0 amide bonds. The van der Waals surface area contributed by atoms with Crippen LogP contribution in [0.4, 0.5) is 0 Å². The van der Waals surface area contributed by atoms with Gasteiger partial charge in [0.15, 0.2) is 0 Å². The van der Waals surface area contributed by atoms with Gasteiger partial charge in [0.1, 0.15) is 0 Å². The summed E-state index contributed by atoms with van der Waals surface area (Å²) in [5.74, 6) is 0. The fourth-order valence-corrected chi connectivity index (χ4v) is 2.17. The summed E-state index contributed by atoms with van der Waals surface area (Å²) in [5, 5.41) is 20.6. The Bertz CT molecular complexity index is 714. The van der Waals surface area contributed by atoms with Gasteiger partial charge in [-0.15, -0.1) is 0 Å². The summed E-state index contributed by atoms with van der Waals surface area (Å²) in [6.07, 6.45) is 0. The summed E-state index contributed by atoms with van der Waals surface area (Å²) in [4.78, 5) is 4.37. The van der Waals surface area contributed by atoms with E-state index in [4.69, 9.17) is 0 Å². The third-order valence-electron chi connectivity index (χ3n) is 3.07. The summed E-state index contributed by atoms with van der Waals surface area (Å²) in [7, 11) is -1.56. The van der Waals surface area contributed by atoms with E-state index in [0.717, 1.165) is 22.0 Å². The zero-order valence-corrected chi connectivity index (χ0v) is 10.2. The van der Waals surface area contributed by atoms with Crippen LogP contribution in [0.15, 0.2) is 60.7 Å². The lowest BCUT2D eigenvalue weighted by atomic mass is 9.84. The van der Waals surface area contributed by atoms with Crippen LogP contribution in [-0.2, 0) is 0 Å². The quantitative estimate of drug-likeness (QED) is 0.678. The van der Waals surface area contributed by atoms with Crippen molar-refractivity contribution in [3.63, 3.8) is 0 Å². The number of nitrogens with zero attached hydrogens (tertiary/aromatic N) is 1. The maximum atomic E-state index is 9.35. The van der Waals surface area contributed by atoms with Gasteiger partial charge in [0, 0.05) is 10.9 Å². The van der Waals surface area contributed by atoms with E-state index in [-0.39, 0.29) is 5.59 Å². The lowest BCUT2D eigenvalue weighted by molar-refractivity contribution is 0.424. The summed E-state index contributed by atoms with van der Waals surface area (Å²) in [5.41, 5.74) is 1.99. The Balaban J connectivity index is 2.33. The van der Waals surface area contributed by atoms with Crippen LogP contribution in [0.5, 0.6) is 0 Å². The normalized spacial score (nSPS) is 10.6. The lowest BCUT2D eigenvalue weighted by Gasteiger charge is -2.09. The second kappa shape index (κ2) is 4.84. The van der Waals surface area contributed by atoms with E-state index in [9.17, 15) is 10.0 Å².